The van der Waals surface area contributed by atoms with Crippen molar-refractivity contribution >= 4 is 11.8 Å². The van der Waals surface area contributed by atoms with E-state index in [2.05, 4.69) is 0 Å². The van der Waals surface area contributed by atoms with E-state index in [9.17, 15) is 14.7 Å². The summed E-state index contributed by atoms with van der Waals surface area (Å²) in [7, 11) is 1.52. The van der Waals surface area contributed by atoms with E-state index in [1.165, 1.54) is 19.2 Å². The maximum absolute atomic E-state index is 12.8. The molecule has 0 amide bonds. The quantitative estimate of drug-likeness (QED) is 0.480. The molecule has 0 aromatic heterocycles. The van der Waals surface area contributed by atoms with Gasteiger partial charge in [0.1, 0.15) is 5.75 Å². The lowest BCUT2D eigenvalue weighted by Gasteiger charge is -2.24. The summed E-state index contributed by atoms with van der Waals surface area (Å²) in [6, 6.07) is 15.1. The van der Waals surface area contributed by atoms with Crippen LogP contribution in [0.3, 0.4) is 0 Å². The maximum Gasteiger partial charge on any atom is 0.346 e. The summed E-state index contributed by atoms with van der Waals surface area (Å²) in [4.78, 5) is 25.1. The van der Waals surface area contributed by atoms with Gasteiger partial charge in [-0.2, -0.15) is 0 Å². The highest BCUT2D eigenvalue weighted by Gasteiger charge is 2.45. The molecule has 126 valence electrons. The van der Waals surface area contributed by atoms with Crippen LogP contribution in [0.15, 0.2) is 54.6 Å². The van der Waals surface area contributed by atoms with Gasteiger partial charge in [-0.25, -0.2) is 4.79 Å². The number of esters is 1. The minimum Gasteiger partial charge on any atom is -0.497 e. The molecular formula is C19H20O5. The fourth-order valence-electron chi connectivity index (χ4n) is 2.37. The first-order valence-electron chi connectivity index (χ1n) is 7.63. The SMILES string of the molecule is CCOC(=O)C(O)(Cc1ccccc1)C(=O)c1ccc(OC)cc1. The molecule has 0 saturated carbocycles. The van der Waals surface area contributed by atoms with Crippen molar-refractivity contribution in [2.24, 2.45) is 0 Å². The van der Waals surface area contributed by atoms with Gasteiger partial charge >= 0.3 is 5.97 Å². The predicted molar refractivity (Wildman–Crippen MR) is 89.1 cm³/mol. The largest absolute Gasteiger partial charge is 0.497 e. The van der Waals surface area contributed by atoms with Gasteiger partial charge in [0.15, 0.2) is 0 Å². The van der Waals surface area contributed by atoms with Crippen LogP contribution in [0.1, 0.15) is 22.8 Å². The number of ether oxygens (including phenoxy) is 2. The highest BCUT2D eigenvalue weighted by Crippen LogP contribution is 2.23. The van der Waals surface area contributed by atoms with Gasteiger partial charge in [0.25, 0.3) is 0 Å². The molecular weight excluding hydrogens is 308 g/mol. The second-order valence-corrected chi connectivity index (χ2v) is 5.30. The van der Waals surface area contributed by atoms with Crippen LogP contribution >= 0.6 is 0 Å². The van der Waals surface area contributed by atoms with Crippen molar-refractivity contribution in [3.8, 4) is 5.75 Å². The van der Waals surface area contributed by atoms with Crippen molar-refractivity contribution in [1.82, 2.24) is 0 Å². The molecule has 24 heavy (non-hydrogen) atoms. The number of aliphatic hydroxyl groups is 1. The Hall–Kier alpha value is -2.66. The second kappa shape index (κ2) is 7.75. The third-order valence-electron chi connectivity index (χ3n) is 3.64. The molecule has 1 unspecified atom stereocenters. The fourth-order valence-corrected chi connectivity index (χ4v) is 2.37. The van der Waals surface area contributed by atoms with Crippen LogP contribution in [-0.2, 0) is 16.0 Å². The molecule has 5 nitrogen and oxygen atoms in total. The van der Waals surface area contributed by atoms with E-state index >= 15 is 0 Å². The molecule has 0 aliphatic heterocycles. The van der Waals surface area contributed by atoms with E-state index in [-0.39, 0.29) is 18.6 Å². The van der Waals surface area contributed by atoms with E-state index < -0.39 is 17.4 Å². The van der Waals surface area contributed by atoms with Crippen LogP contribution in [0, 0.1) is 0 Å². The maximum atomic E-state index is 12.8. The Morgan fingerprint density at radius 2 is 1.67 bits per heavy atom. The molecule has 2 aromatic carbocycles. The number of benzene rings is 2. The van der Waals surface area contributed by atoms with Crippen molar-refractivity contribution in [2.75, 3.05) is 13.7 Å². The topological polar surface area (TPSA) is 72.8 Å². The molecule has 0 saturated heterocycles. The summed E-state index contributed by atoms with van der Waals surface area (Å²) in [5, 5.41) is 10.9. The zero-order valence-corrected chi connectivity index (χ0v) is 13.7. The number of methoxy groups -OCH3 is 1. The number of carbonyl (C=O) groups excluding carboxylic acids is 2. The molecule has 0 heterocycles. The molecule has 1 N–H and O–H groups in total. The molecule has 0 spiro atoms. The second-order valence-electron chi connectivity index (χ2n) is 5.30. The Morgan fingerprint density at radius 3 is 2.21 bits per heavy atom. The van der Waals surface area contributed by atoms with Crippen molar-refractivity contribution < 1.29 is 24.2 Å². The molecule has 0 aliphatic rings. The summed E-state index contributed by atoms with van der Waals surface area (Å²) in [6.07, 6.45) is -0.155. The van der Waals surface area contributed by atoms with E-state index in [1.807, 2.05) is 6.07 Å². The van der Waals surface area contributed by atoms with E-state index in [0.717, 1.165) is 0 Å². The average molecular weight is 328 g/mol. The van der Waals surface area contributed by atoms with Crippen LogP contribution in [0.2, 0.25) is 0 Å². The predicted octanol–water partition coefficient (Wildman–Crippen LogP) is 2.41. The van der Waals surface area contributed by atoms with Gasteiger partial charge in [-0.3, -0.25) is 4.79 Å². The smallest absolute Gasteiger partial charge is 0.346 e. The Balaban J connectivity index is 2.36. The Labute approximate surface area is 140 Å². The van der Waals surface area contributed by atoms with Gasteiger partial charge in [-0.15, -0.1) is 0 Å². The highest BCUT2D eigenvalue weighted by molar-refractivity contribution is 6.15. The van der Waals surface area contributed by atoms with Crippen LogP contribution in [0.4, 0.5) is 0 Å². The van der Waals surface area contributed by atoms with Gasteiger partial charge in [0, 0.05) is 12.0 Å². The summed E-state index contributed by atoms with van der Waals surface area (Å²) < 4.78 is 9.98. The number of hydrogen-bond acceptors (Lipinski definition) is 5. The molecule has 2 rings (SSSR count). The summed E-state index contributed by atoms with van der Waals surface area (Å²) in [5.74, 6) is -1.07. The zero-order valence-electron chi connectivity index (χ0n) is 13.7. The first-order chi connectivity index (χ1) is 11.5. The van der Waals surface area contributed by atoms with E-state index in [1.54, 1.807) is 43.3 Å². The minimum absolute atomic E-state index is 0.0752. The van der Waals surface area contributed by atoms with Crippen LogP contribution in [-0.4, -0.2) is 36.2 Å². The monoisotopic (exact) mass is 328 g/mol. The number of hydrogen-bond donors (Lipinski definition) is 1. The Morgan fingerprint density at radius 1 is 1.04 bits per heavy atom. The number of ketones is 1. The first-order valence-corrected chi connectivity index (χ1v) is 7.63. The standard InChI is InChI=1S/C19H20O5/c1-3-24-18(21)19(22,13-14-7-5-4-6-8-14)17(20)15-9-11-16(23-2)12-10-15/h4-12,22H,3,13H2,1-2H3. The van der Waals surface area contributed by atoms with Crippen molar-refractivity contribution in [1.29, 1.82) is 0 Å². The van der Waals surface area contributed by atoms with Crippen molar-refractivity contribution in [2.45, 2.75) is 18.9 Å². The number of carbonyl (C=O) groups is 2. The van der Waals surface area contributed by atoms with Crippen molar-refractivity contribution in [3.63, 3.8) is 0 Å². The van der Waals surface area contributed by atoms with E-state index in [0.29, 0.717) is 11.3 Å². The number of rotatable bonds is 7. The van der Waals surface area contributed by atoms with Crippen molar-refractivity contribution in [3.05, 3.63) is 65.7 Å². The molecule has 0 radical (unpaired) electrons. The molecule has 0 bridgehead atoms. The fraction of sp³-hybridized carbons (Fsp3) is 0.263. The van der Waals surface area contributed by atoms with E-state index in [4.69, 9.17) is 9.47 Å². The highest BCUT2D eigenvalue weighted by atomic mass is 16.5. The molecule has 0 aliphatic carbocycles. The normalized spacial score (nSPS) is 13.0. The molecule has 2 aromatic rings. The van der Waals surface area contributed by atoms with Gasteiger partial charge < -0.3 is 14.6 Å². The third kappa shape index (κ3) is 3.81. The summed E-state index contributed by atoms with van der Waals surface area (Å²) in [6.45, 7) is 1.70. The van der Waals surface area contributed by atoms with Gasteiger partial charge in [0.05, 0.1) is 13.7 Å². The first kappa shape index (κ1) is 17.7. The lowest BCUT2D eigenvalue weighted by atomic mass is 9.86. The molecule has 1 atom stereocenters. The Bertz CT molecular complexity index is 693. The molecule has 5 heteroatoms. The molecule has 0 fully saturated rings. The lowest BCUT2D eigenvalue weighted by molar-refractivity contribution is -0.159. The van der Waals surface area contributed by atoms with Crippen LogP contribution in [0.5, 0.6) is 5.75 Å². The van der Waals surface area contributed by atoms with Gasteiger partial charge in [-0.1, -0.05) is 30.3 Å². The van der Waals surface area contributed by atoms with Gasteiger partial charge in [0.2, 0.25) is 11.4 Å². The third-order valence-corrected chi connectivity index (χ3v) is 3.64. The Kier molecular flexibility index (Phi) is 5.71. The van der Waals surface area contributed by atoms with Crippen LogP contribution < -0.4 is 4.74 Å². The minimum atomic E-state index is -2.27. The zero-order chi connectivity index (χ0) is 17.6. The average Bonchev–Trinajstić information content (AvgIpc) is 2.62. The number of Topliss-reactive ketones (excluding diaryl/α,β-unsaturated/α-hetero) is 1. The van der Waals surface area contributed by atoms with Crippen LogP contribution in [0.25, 0.3) is 0 Å². The lowest BCUT2D eigenvalue weighted by Crippen LogP contribution is -2.49. The van der Waals surface area contributed by atoms with Gasteiger partial charge in [-0.05, 0) is 36.8 Å². The summed E-state index contributed by atoms with van der Waals surface area (Å²) >= 11 is 0. The summed E-state index contributed by atoms with van der Waals surface area (Å²) in [5.41, 5.74) is -1.40.